The van der Waals surface area contributed by atoms with Crippen molar-refractivity contribution in [2.45, 2.75) is 11.8 Å². The van der Waals surface area contributed by atoms with E-state index in [9.17, 15) is 16.8 Å². The Hall–Kier alpha value is -1.23. The van der Waals surface area contributed by atoms with Gasteiger partial charge in [0, 0.05) is 24.7 Å². The van der Waals surface area contributed by atoms with E-state index in [1.807, 2.05) is 0 Å². The van der Waals surface area contributed by atoms with Crippen molar-refractivity contribution < 1.29 is 16.8 Å². The Kier molecular flexibility index (Phi) is 5.23. The Morgan fingerprint density at radius 3 is 2.58 bits per heavy atom. The van der Waals surface area contributed by atoms with Crippen molar-refractivity contribution in [3.05, 3.63) is 18.5 Å². The first-order chi connectivity index (χ1) is 8.82. The highest BCUT2D eigenvalue weighted by molar-refractivity contribution is 7.91. The molecule has 19 heavy (non-hydrogen) atoms. The lowest BCUT2D eigenvalue weighted by Gasteiger charge is -2.10. The van der Waals surface area contributed by atoms with Crippen molar-refractivity contribution in [3.63, 3.8) is 0 Å². The average Bonchev–Trinajstić information content (AvgIpc) is 2.38. The number of aromatic nitrogens is 1. The molecular weight excluding hydrogens is 292 g/mol. The van der Waals surface area contributed by atoms with Gasteiger partial charge in [0.1, 0.15) is 4.90 Å². The van der Waals surface area contributed by atoms with Crippen molar-refractivity contribution in [2.24, 2.45) is 5.84 Å². The molecule has 4 N–H and O–H groups in total. The van der Waals surface area contributed by atoms with Crippen molar-refractivity contribution >= 4 is 25.5 Å². The van der Waals surface area contributed by atoms with Crippen LogP contribution in [0.15, 0.2) is 23.4 Å². The molecule has 1 aromatic rings. The Balaban J connectivity index is 2.82. The van der Waals surface area contributed by atoms with Crippen molar-refractivity contribution in [1.29, 1.82) is 0 Å². The highest BCUT2D eigenvalue weighted by Gasteiger charge is 2.19. The predicted octanol–water partition coefficient (Wildman–Crippen LogP) is -0.920. The second-order valence-electron chi connectivity index (χ2n) is 3.65. The molecule has 0 unspecified atom stereocenters. The van der Waals surface area contributed by atoms with Crippen LogP contribution in [-0.4, -0.2) is 39.9 Å². The largest absolute Gasteiger partial charge is 0.323 e. The quantitative estimate of drug-likeness (QED) is 0.438. The summed E-state index contributed by atoms with van der Waals surface area (Å²) in [4.78, 5) is 3.57. The van der Waals surface area contributed by atoms with E-state index in [1.165, 1.54) is 19.2 Å². The van der Waals surface area contributed by atoms with Crippen LogP contribution in [0.3, 0.4) is 0 Å². The number of anilines is 1. The number of hydrogen-bond acceptors (Lipinski definition) is 7. The molecule has 1 rings (SSSR count). The minimum Gasteiger partial charge on any atom is -0.323 e. The molecule has 0 aliphatic rings. The predicted molar refractivity (Wildman–Crippen MR) is 71.6 cm³/mol. The number of sulfone groups is 1. The zero-order valence-corrected chi connectivity index (χ0v) is 12.0. The van der Waals surface area contributed by atoms with Crippen molar-refractivity contribution in [1.82, 2.24) is 9.71 Å². The van der Waals surface area contributed by atoms with Gasteiger partial charge in [-0.05, 0) is 6.07 Å². The normalized spacial score (nSPS) is 12.3. The molecule has 0 atom stereocenters. The van der Waals surface area contributed by atoms with Gasteiger partial charge in [-0.1, -0.05) is 6.92 Å². The third-order valence-electron chi connectivity index (χ3n) is 2.37. The van der Waals surface area contributed by atoms with E-state index in [4.69, 9.17) is 5.84 Å². The summed E-state index contributed by atoms with van der Waals surface area (Å²) in [5.41, 5.74) is 2.42. The van der Waals surface area contributed by atoms with Crippen LogP contribution in [0.2, 0.25) is 0 Å². The summed E-state index contributed by atoms with van der Waals surface area (Å²) in [5, 5.41) is 0. The Morgan fingerprint density at radius 2 is 2.00 bits per heavy atom. The number of hydrazine groups is 1. The molecule has 0 aromatic carbocycles. The highest BCUT2D eigenvalue weighted by atomic mass is 32.2. The third-order valence-corrected chi connectivity index (χ3v) is 5.57. The molecule has 0 aliphatic heterocycles. The van der Waals surface area contributed by atoms with Gasteiger partial charge in [0.2, 0.25) is 10.0 Å². The first-order valence-electron chi connectivity index (χ1n) is 5.43. The van der Waals surface area contributed by atoms with Crippen LogP contribution in [0.1, 0.15) is 6.92 Å². The van der Waals surface area contributed by atoms with Crippen molar-refractivity contribution in [2.75, 3.05) is 23.5 Å². The molecule has 0 saturated carbocycles. The summed E-state index contributed by atoms with van der Waals surface area (Å²) in [6.07, 6.45) is 2.52. The maximum absolute atomic E-state index is 11.9. The smallest absolute Gasteiger partial charge is 0.244 e. The summed E-state index contributed by atoms with van der Waals surface area (Å²) in [5.74, 6) is 4.91. The van der Waals surface area contributed by atoms with Crippen LogP contribution in [0.4, 0.5) is 5.69 Å². The van der Waals surface area contributed by atoms with Gasteiger partial charge in [0.05, 0.1) is 11.4 Å². The molecule has 0 spiro atoms. The molecule has 0 saturated heterocycles. The van der Waals surface area contributed by atoms with E-state index in [0.717, 1.165) is 6.20 Å². The summed E-state index contributed by atoms with van der Waals surface area (Å²) in [6.45, 7) is 1.30. The minimum atomic E-state index is -3.85. The first-order valence-corrected chi connectivity index (χ1v) is 8.73. The lowest BCUT2D eigenvalue weighted by atomic mass is 10.4. The molecule has 108 valence electrons. The lowest BCUT2D eigenvalue weighted by molar-refractivity contribution is 0.581. The second-order valence-corrected chi connectivity index (χ2v) is 7.86. The zero-order chi connectivity index (χ0) is 14.5. The molecule has 8 nitrogen and oxygen atoms in total. The lowest BCUT2D eigenvalue weighted by Crippen LogP contribution is -2.30. The van der Waals surface area contributed by atoms with Gasteiger partial charge in [0.25, 0.3) is 0 Å². The van der Waals surface area contributed by atoms with Gasteiger partial charge in [0.15, 0.2) is 9.84 Å². The molecule has 0 aliphatic carbocycles. The van der Waals surface area contributed by atoms with Crippen LogP contribution in [0.5, 0.6) is 0 Å². The molecule has 0 fully saturated rings. The van der Waals surface area contributed by atoms with Crippen LogP contribution in [0.25, 0.3) is 0 Å². The summed E-state index contributed by atoms with van der Waals surface area (Å²) in [7, 11) is -7.08. The van der Waals surface area contributed by atoms with Gasteiger partial charge < -0.3 is 5.43 Å². The molecule has 1 aromatic heterocycles. The standard InChI is InChI=1S/C9H16N4O4S2/c1-2-18(14,15)6-5-12-19(16,17)9-7-11-4-3-8(9)13-10/h3-4,7,12H,2,5-6,10H2,1H3,(H,11,13). The van der Waals surface area contributed by atoms with Crippen LogP contribution >= 0.6 is 0 Å². The fourth-order valence-electron chi connectivity index (χ4n) is 1.27. The number of nitrogens with zero attached hydrogens (tertiary/aromatic N) is 1. The van der Waals surface area contributed by atoms with Gasteiger partial charge in [-0.3, -0.25) is 10.8 Å². The van der Waals surface area contributed by atoms with Crippen molar-refractivity contribution in [3.8, 4) is 0 Å². The summed E-state index contributed by atoms with van der Waals surface area (Å²) >= 11 is 0. The number of hydrogen-bond donors (Lipinski definition) is 3. The van der Waals surface area contributed by atoms with Crippen LogP contribution in [-0.2, 0) is 19.9 Å². The Morgan fingerprint density at radius 1 is 1.32 bits per heavy atom. The van der Waals surface area contributed by atoms with Gasteiger partial charge in [-0.25, -0.2) is 21.6 Å². The number of nitrogens with two attached hydrogens (primary N) is 1. The number of pyridine rings is 1. The second kappa shape index (κ2) is 6.28. The molecule has 0 amide bonds. The van der Waals surface area contributed by atoms with Gasteiger partial charge in [-0.2, -0.15) is 0 Å². The molecule has 1 heterocycles. The maximum atomic E-state index is 11.9. The third kappa shape index (κ3) is 4.42. The zero-order valence-electron chi connectivity index (χ0n) is 10.3. The maximum Gasteiger partial charge on any atom is 0.244 e. The number of rotatable bonds is 7. The van der Waals surface area contributed by atoms with E-state index >= 15 is 0 Å². The van der Waals surface area contributed by atoms with E-state index < -0.39 is 19.9 Å². The summed E-state index contributed by atoms with van der Waals surface area (Å²) < 4.78 is 48.6. The molecule has 0 bridgehead atoms. The monoisotopic (exact) mass is 308 g/mol. The fourth-order valence-corrected chi connectivity index (χ4v) is 3.24. The molecule has 0 radical (unpaired) electrons. The van der Waals surface area contributed by atoms with E-state index in [-0.39, 0.29) is 28.6 Å². The fraction of sp³-hybridized carbons (Fsp3) is 0.444. The van der Waals surface area contributed by atoms with Crippen LogP contribution in [0, 0.1) is 0 Å². The summed E-state index contributed by atoms with van der Waals surface area (Å²) in [6, 6.07) is 1.40. The molecule has 10 heteroatoms. The highest BCUT2D eigenvalue weighted by Crippen LogP contribution is 2.17. The SMILES string of the molecule is CCS(=O)(=O)CCNS(=O)(=O)c1cnccc1NN. The van der Waals surface area contributed by atoms with E-state index in [1.54, 1.807) is 0 Å². The Bertz CT molecular complexity index is 627. The minimum absolute atomic E-state index is 0.0305. The number of nitrogens with one attached hydrogen (secondary N) is 2. The van der Waals surface area contributed by atoms with E-state index in [2.05, 4.69) is 15.1 Å². The number of sulfonamides is 1. The Labute approximate surface area is 112 Å². The van der Waals surface area contributed by atoms with Crippen LogP contribution < -0.4 is 16.0 Å². The van der Waals surface area contributed by atoms with Gasteiger partial charge in [-0.15, -0.1) is 0 Å². The van der Waals surface area contributed by atoms with E-state index in [0.29, 0.717) is 0 Å². The first kappa shape index (κ1) is 15.8. The average molecular weight is 308 g/mol. The number of nitrogen functional groups attached to an aromatic ring is 1. The topological polar surface area (TPSA) is 131 Å². The van der Waals surface area contributed by atoms with Gasteiger partial charge >= 0.3 is 0 Å². The molecular formula is C9H16N4O4S2.